The zero-order chi connectivity index (χ0) is 6.41. The number of aliphatic hydroxyl groups excluding tert-OH is 1. The van der Waals surface area contributed by atoms with Crippen LogP contribution >= 0.6 is 11.8 Å². The molecule has 8 heavy (non-hydrogen) atoms. The molecule has 0 aromatic rings. The standard InChI is InChI=1S/C5H7NOS/c1-2-5(7)3-8-4-6/h2,5,7H,1,3H2/t5-/m1/s1. The van der Waals surface area contributed by atoms with E-state index in [9.17, 15) is 0 Å². The number of thioether (sulfide) groups is 1. The minimum absolute atomic E-state index is 0.417. The van der Waals surface area contributed by atoms with Gasteiger partial charge in [0, 0.05) is 5.75 Å². The molecule has 1 N–H and O–H groups in total. The first kappa shape index (κ1) is 7.54. The first-order chi connectivity index (χ1) is 3.81. The number of aliphatic hydroxyl groups is 1. The molecule has 0 radical (unpaired) electrons. The maximum absolute atomic E-state index is 8.70. The lowest BCUT2D eigenvalue weighted by atomic mass is 10.4. The molecule has 0 amide bonds. The smallest absolute Gasteiger partial charge is 0.133 e. The van der Waals surface area contributed by atoms with Gasteiger partial charge in [-0.15, -0.1) is 6.58 Å². The molecular formula is C5H7NOS. The fourth-order valence-electron chi connectivity index (χ4n) is 0.191. The van der Waals surface area contributed by atoms with Gasteiger partial charge >= 0.3 is 0 Å². The van der Waals surface area contributed by atoms with Crippen molar-refractivity contribution >= 4 is 11.8 Å². The highest BCUT2D eigenvalue weighted by Crippen LogP contribution is 1.99. The van der Waals surface area contributed by atoms with Gasteiger partial charge in [0.2, 0.25) is 0 Å². The Bertz CT molecular complexity index is 107. The SMILES string of the molecule is C=C[C@@H](O)CSC#N. The van der Waals surface area contributed by atoms with Crippen LogP contribution < -0.4 is 0 Å². The average molecular weight is 129 g/mol. The van der Waals surface area contributed by atoms with Gasteiger partial charge in [-0.05, 0) is 11.8 Å². The quantitative estimate of drug-likeness (QED) is 0.451. The second kappa shape index (κ2) is 4.69. The van der Waals surface area contributed by atoms with E-state index in [0.717, 1.165) is 11.8 Å². The number of nitriles is 1. The van der Waals surface area contributed by atoms with Crippen LogP contribution in [0.15, 0.2) is 12.7 Å². The molecule has 0 unspecified atom stereocenters. The Morgan fingerprint density at radius 3 is 3.00 bits per heavy atom. The van der Waals surface area contributed by atoms with Crippen LogP contribution in [0.5, 0.6) is 0 Å². The van der Waals surface area contributed by atoms with Gasteiger partial charge in [-0.25, -0.2) is 0 Å². The zero-order valence-corrected chi connectivity index (χ0v) is 5.19. The van der Waals surface area contributed by atoms with Crippen LogP contribution in [-0.2, 0) is 0 Å². The Hall–Kier alpha value is -0.460. The van der Waals surface area contributed by atoms with Gasteiger partial charge in [0.1, 0.15) is 5.40 Å². The molecule has 0 aliphatic rings. The Morgan fingerprint density at radius 1 is 2.00 bits per heavy atom. The molecule has 0 aromatic carbocycles. The monoisotopic (exact) mass is 129 g/mol. The van der Waals surface area contributed by atoms with Crippen molar-refractivity contribution in [1.82, 2.24) is 0 Å². The van der Waals surface area contributed by atoms with E-state index in [0.29, 0.717) is 5.75 Å². The van der Waals surface area contributed by atoms with E-state index in [1.807, 2.05) is 5.40 Å². The van der Waals surface area contributed by atoms with E-state index in [4.69, 9.17) is 10.4 Å². The summed E-state index contributed by atoms with van der Waals surface area (Å²) < 4.78 is 0. The Balaban J connectivity index is 3.13. The molecule has 0 saturated carbocycles. The predicted octanol–water partition coefficient (Wildman–Crippen LogP) is 0.748. The minimum Gasteiger partial charge on any atom is -0.388 e. The van der Waals surface area contributed by atoms with Crippen molar-refractivity contribution in [2.75, 3.05) is 5.75 Å². The van der Waals surface area contributed by atoms with Crippen molar-refractivity contribution in [2.24, 2.45) is 0 Å². The number of nitrogens with zero attached hydrogens (tertiary/aromatic N) is 1. The molecule has 0 aromatic heterocycles. The van der Waals surface area contributed by atoms with Gasteiger partial charge in [0.15, 0.2) is 0 Å². The maximum Gasteiger partial charge on any atom is 0.133 e. The highest BCUT2D eigenvalue weighted by Gasteiger charge is 1.94. The van der Waals surface area contributed by atoms with Crippen molar-refractivity contribution in [3.8, 4) is 5.40 Å². The van der Waals surface area contributed by atoms with Crippen molar-refractivity contribution in [3.63, 3.8) is 0 Å². The fourth-order valence-corrected chi connectivity index (χ4v) is 0.572. The largest absolute Gasteiger partial charge is 0.388 e. The first-order valence-corrected chi connectivity index (χ1v) is 3.11. The van der Waals surface area contributed by atoms with E-state index >= 15 is 0 Å². The van der Waals surface area contributed by atoms with E-state index in [1.165, 1.54) is 6.08 Å². The summed E-state index contributed by atoms with van der Waals surface area (Å²) in [6.45, 7) is 3.34. The molecule has 0 spiro atoms. The minimum atomic E-state index is -0.542. The second-order valence-corrected chi connectivity index (χ2v) is 2.01. The summed E-state index contributed by atoms with van der Waals surface area (Å²) in [5.74, 6) is 0.417. The zero-order valence-electron chi connectivity index (χ0n) is 4.37. The summed E-state index contributed by atoms with van der Waals surface area (Å²) in [5.41, 5.74) is 0. The van der Waals surface area contributed by atoms with Gasteiger partial charge in [0.25, 0.3) is 0 Å². The van der Waals surface area contributed by atoms with Gasteiger partial charge in [-0.1, -0.05) is 6.08 Å². The number of hydrogen-bond donors (Lipinski definition) is 1. The Kier molecular flexibility index (Phi) is 4.42. The van der Waals surface area contributed by atoms with Gasteiger partial charge in [-0.2, -0.15) is 5.26 Å². The van der Waals surface area contributed by atoms with E-state index in [-0.39, 0.29) is 0 Å². The van der Waals surface area contributed by atoms with Gasteiger partial charge < -0.3 is 5.11 Å². The summed E-state index contributed by atoms with van der Waals surface area (Å²) in [7, 11) is 0. The molecule has 0 saturated heterocycles. The van der Waals surface area contributed by atoms with E-state index < -0.39 is 6.10 Å². The predicted molar refractivity (Wildman–Crippen MR) is 34.3 cm³/mol. The van der Waals surface area contributed by atoms with Crippen LogP contribution in [0.25, 0.3) is 0 Å². The summed E-state index contributed by atoms with van der Waals surface area (Å²) in [6, 6.07) is 0. The van der Waals surface area contributed by atoms with Crippen LogP contribution in [0.4, 0.5) is 0 Å². The second-order valence-electron chi connectivity index (χ2n) is 1.21. The maximum atomic E-state index is 8.70. The van der Waals surface area contributed by atoms with Crippen LogP contribution in [0.3, 0.4) is 0 Å². The molecule has 0 bridgehead atoms. The highest BCUT2D eigenvalue weighted by atomic mass is 32.2. The van der Waals surface area contributed by atoms with Crippen LogP contribution in [0.2, 0.25) is 0 Å². The molecule has 44 valence electrons. The van der Waals surface area contributed by atoms with Crippen molar-refractivity contribution in [1.29, 1.82) is 5.26 Å². The summed E-state index contributed by atoms with van der Waals surface area (Å²) >= 11 is 1.03. The lowest BCUT2D eigenvalue weighted by Crippen LogP contribution is -2.03. The third-order valence-corrected chi connectivity index (χ3v) is 1.23. The molecule has 0 rings (SSSR count). The Labute approximate surface area is 52.8 Å². The molecule has 0 aliphatic heterocycles. The fraction of sp³-hybridized carbons (Fsp3) is 0.400. The molecule has 0 heterocycles. The van der Waals surface area contributed by atoms with Crippen LogP contribution in [0.1, 0.15) is 0 Å². The highest BCUT2D eigenvalue weighted by molar-refractivity contribution is 8.03. The molecule has 3 heteroatoms. The third kappa shape index (κ3) is 3.72. The molecule has 2 nitrogen and oxygen atoms in total. The van der Waals surface area contributed by atoms with Gasteiger partial charge in [0.05, 0.1) is 6.10 Å². The topological polar surface area (TPSA) is 44.0 Å². The summed E-state index contributed by atoms with van der Waals surface area (Å²) in [6.07, 6.45) is 0.865. The van der Waals surface area contributed by atoms with Gasteiger partial charge in [-0.3, -0.25) is 0 Å². The average Bonchev–Trinajstić information content (AvgIpc) is 1.83. The lowest BCUT2D eigenvalue weighted by molar-refractivity contribution is 0.249. The third-order valence-electron chi connectivity index (χ3n) is 0.591. The number of hydrogen-bond acceptors (Lipinski definition) is 3. The summed E-state index contributed by atoms with van der Waals surface area (Å²) in [5, 5.41) is 18.5. The first-order valence-electron chi connectivity index (χ1n) is 2.12. The van der Waals surface area contributed by atoms with Crippen molar-refractivity contribution in [3.05, 3.63) is 12.7 Å². The van der Waals surface area contributed by atoms with Crippen molar-refractivity contribution < 1.29 is 5.11 Å². The summed E-state index contributed by atoms with van der Waals surface area (Å²) in [4.78, 5) is 0. The Morgan fingerprint density at radius 2 is 2.62 bits per heavy atom. The van der Waals surface area contributed by atoms with Crippen LogP contribution in [0, 0.1) is 10.7 Å². The van der Waals surface area contributed by atoms with E-state index in [1.54, 1.807) is 0 Å². The number of thiocyanates is 1. The van der Waals surface area contributed by atoms with Crippen LogP contribution in [-0.4, -0.2) is 17.0 Å². The molecular weight excluding hydrogens is 122 g/mol. The normalized spacial score (nSPS) is 12.0. The molecule has 0 fully saturated rings. The van der Waals surface area contributed by atoms with Crippen molar-refractivity contribution in [2.45, 2.75) is 6.10 Å². The van der Waals surface area contributed by atoms with E-state index in [2.05, 4.69) is 6.58 Å². The molecule has 0 aliphatic carbocycles. The lowest BCUT2D eigenvalue weighted by Gasteiger charge is -1.96. The number of rotatable bonds is 3. The molecule has 1 atom stereocenters.